The number of amides is 3. The van der Waals surface area contributed by atoms with E-state index in [1.807, 2.05) is 29.0 Å². The van der Waals surface area contributed by atoms with Gasteiger partial charge in [0.25, 0.3) is 15.9 Å². The quantitative estimate of drug-likeness (QED) is 0.466. The van der Waals surface area contributed by atoms with Gasteiger partial charge in [-0.3, -0.25) is 10.1 Å². The number of urea groups is 1. The predicted octanol–water partition coefficient (Wildman–Crippen LogP) is 2.88. The van der Waals surface area contributed by atoms with Gasteiger partial charge in [-0.1, -0.05) is 23.7 Å². The molecule has 14 heteroatoms. The second-order valence-electron chi connectivity index (χ2n) is 6.65. The van der Waals surface area contributed by atoms with Crippen LogP contribution in [0.4, 0.5) is 22.1 Å². The van der Waals surface area contributed by atoms with Crippen LogP contribution in [0, 0.1) is 0 Å². The minimum atomic E-state index is -4.08. The summed E-state index contributed by atoms with van der Waals surface area (Å²) in [5, 5.41) is 18.5. The molecule has 1 aliphatic rings. The Balaban J connectivity index is 1.44. The van der Waals surface area contributed by atoms with E-state index >= 15 is 0 Å². The zero-order valence-corrected chi connectivity index (χ0v) is 19.3. The molecule has 0 atom stereocenters. The van der Waals surface area contributed by atoms with E-state index < -0.39 is 16.1 Å². The minimum Gasteiger partial charge on any atom is -0.388 e. The monoisotopic (exact) mass is 505 g/mol. The summed E-state index contributed by atoms with van der Waals surface area (Å²) in [7, 11) is -2.28. The Labute approximate surface area is 197 Å². The van der Waals surface area contributed by atoms with Crippen LogP contribution < -0.4 is 20.4 Å². The Bertz CT molecular complexity index is 1360. The third-order valence-electron chi connectivity index (χ3n) is 4.41. The number of nitrogens with one attached hydrogen (secondary N) is 3. The second-order valence-corrected chi connectivity index (χ2v) is 10.3. The Morgan fingerprint density at radius 2 is 1.97 bits per heavy atom. The first kappa shape index (κ1) is 22.6. The number of hydrogen-bond acceptors (Lipinski definition) is 9. The van der Waals surface area contributed by atoms with Crippen LogP contribution >= 0.6 is 22.9 Å². The number of thiophene rings is 1. The zero-order chi connectivity index (χ0) is 23.6. The summed E-state index contributed by atoms with van der Waals surface area (Å²) in [5.41, 5.74) is 2.27. The van der Waals surface area contributed by atoms with Gasteiger partial charge in [-0.25, -0.2) is 17.9 Å². The average Bonchev–Trinajstić information content (AvgIpc) is 3.40. The molecule has 170 valence electrons. The Morgan fingerprint density at radius 3 is 2.64 bits per heavy atom. The van der Waals surface area contributed by atoms with E-state index in [4.69, 9.17) is 11.6 Å². The van der Waals surface area contributed by atoms with Gasteiger partial charge in [-0.15, -0.1) is 21.5 Å². The van der Waals surface area contributed by atoms with Gasteiger partial charge in [-0.2, -0.15) is 10.1 Å². The molecule has 0 saturated heterocycles. The molecular weight excluding hydrogens is 490 g/mol. The van der Waals surface area contributed by atoms with Crippen LogP contribution in [0.25, 0.3) is 0 Å². The lowest BCUT2D eigenvalue weighted by atomic mass is 10.1. The van der Waals surface area contributed by atoms with E-state index in [-0.39, 0.29) is 32.5 Å². The van der Waals surface area contributed by atoms with Gasteiger partial charge in [0.2, 0.25) is 0 Å². The van der Waals surface area contributed by atoms with Gasteiger partial charge in [0.15, 0.2) is 11.6 Å². The fraction of sp³-hybridized carbons (Fsp3) is 0.105. The number of benzene rings is 1. The lowest BCUT2D eigenvalue weighted by Crippen LogP contribution is -2.34. The van der Waals surface area contributed by atoms with Crippen LogP contribution in [-0.4, -0.2) is 43.3 Å². The maximum Gasteiger partial charge on any atom is 0.334 e. The molecule has 0 spiro atoms. The lowest BCUT2D eigenvalue weighted by Gasteiger charge is -2.10. The normalized spacial score (nSPS) is 13.6. The molecule has 0 fully saturated rings. The molecule has 11 nitrogen and oxygen atoms in total. The SMILES string of the molecule is CNc1cccc(C2=NN(c3ccc(NC(=O)NS(=O)(=O)c4ccc(Cl)s4)nn3)C(=O)C2)c1. The topological polar surface area (TPSA) is 146 Å². The van der Waals surface area contributed by atoms with Gasteiger partial charge in [0, 0.05) is 18.3 Å². The van der Waals surface area contributed by atoms with Crippen molar-refractivity contribution in [2.75, 3.05) is 22.7 Å². The summed E-state index contributed by atoms with van der Waals surface area (Å²) in [5.74, 6) is -0.145. The molecule has 3 heterocycles. The molecule has 0 unspecified atom stereocenters. The van der Waals surface area contributed by atoms with Crippen molar-refractivity contribution in [3.05, 3.63) is 58.4 Å². The Kier molecular flexibility index (Phi) is 6.26. The number of hydrogen-bond donors (Lipinski definition) is 3. The summed E-state index contributed by atoms with van der Waals surface area (Å²) in [6, 6.07) is 12.0. The van der Waals surface area contributed by atoms with Crippen LogP contribution in [0.15, 0.2) is 57.8 Å². The fourth-order valence-electron chi connectivity index (χ4n) is 2.88. The predicted molar refractivity (Wildman–Crippen MR) is 125 cm³/mol. The Hall–Kier alpha value is -3.55. The van der Waals surface area contributed by atoms with Crippen LogP contribution in [0.1, 0.15) is 12.0 Å². The van der Waals surface area contributed by atoms with Crippen molar-refractivity contribution in [3.63, 3.8) is 0 Å². The molecule has 1 aromatic carbocycles. The third-order valence-corrected chi connectivity index (χ3v) is 7.46. The van der Waals surface area contributed by atoms with Crippen molar-refractivity contribution in [2.45, 2.75) is 10.6 Å². The third kappa shape index (κ3) is 5.10. The van der Waals surface area contributed by atoms with Crippen molar-refractivity contribution in [3.8, 4) is 0 Å². The lowest BCUT2D eigenvalue weighted by molar-refractivity contribution is -0.116. The molecule has 4 rings (SSSR count). The van der Waals surface area contributed by atoms with Crippen LogP contribution in [0.5, 0.6) is 0 Å². The molecule has 2 aromatic heterocycles. The number of nitrogens with zero attached hydrogens (tertiary/aromatic N) is 4. The van der Waals surface area contributed by atoms with E-state index in [9.17, 15) is 18.0 Å². The summed E-state index contributed by atoms with van der Waals surface area (Å²) >= 11 is 6.55. The average molecular weight is 506 g/mol. The van der Waals surface area contributed by atoms with Gasteiger partial charge >= 0.3 is 6.03 Å². The summed E-state index contributed by atoms with van der Waals surface area (Å²) in [6.45, 7) is 0. The number of aromatic nitrogens is 2. The van der Waals surface area contributed by atoms with E-state index in [1.54, 1.807) is 7.05 Å². The molecule has 0 saturated carbocycles. The number of sulfonamides is 1. The van der Waals surface area contributed by atoms with Crippen LogP contribution in [0.3, 0.4) is 0 Å². The summed E-state index contributed by atoms with van der Waals surface area (Å²) in [4.78, 5) is 24.5. The smallest absolute Gasteiger partial charge is 0.334 e. The fourth-order valence-corrected chi connectivity index (χ4v) is 5.27. The summed E-state index contributed by atoms with van der Waals surface area (Å²) < 4.78 is 26.4. The maximum absolute atomic E-state index is 12.4. The van der Waals surface area contributed by atoms with Gasteiger partial charge in [0.1, 0.15) is 4.21 Å². The molecule has 0 radical (unpaired) electrons. The molecular formula is C19H16ClN7O4S2. The van der Waals surface area contributed by atoms with Crippen molar-refractivity contribution in [1.29, 1.82) is 0 Å². The molecule has 3 aromatic rings. The first-order chi connectivity index (χ1) is 15.7. The zero-order valence-electron chi connectivity index (χ0n) is 16.9. The largest absolute Gasteiger partial charge is 0.388 e. The number of hydrazone groups is 1. The van der Waals surface area contributed by atoms with Crippen molar-refractivity contribution >= 4 is 67.9 Å². The highest BCUT2D eigenvalue weighted by Gasteiger charge is 2.27. The number of carbonyl (C=O) groups is 2. The maximum atomic E-state index is 12.4. The number of halogens is 1. The summed E-state index contributed by atoms with van der Waals surface area (Å²) in [6.07, 6.45) is 0.0991. The first-order valence-corrected chi connectivity index (χ1v) is 12.0. The van der Waals surface area contributed by atoms with Crippen LogP contribution in [-0.2, 0) is 14.8 Å². The number of anilines is 3. The van der Waals surface area contributed by atoms with E-state index in [1.165, 1.54) is 24.3 Å². The minimum absolute atomic E-state index is 0.0202. The standard InChI is InChI=1S/C19H16ClN7O4S2/c1-21-12-4-2-3-11(9-12)13-10-17(28)27(25-13)16-7-6-15(23-24-16)22-19(29)26-33(30,31)18-8-5-14(20)32-18/h2-9,21H,10H2,1H3,(H2,22,23,26,29). The van der Waals surface area contributed by atoms with Crippen molar-refractivity contribution < 1.29 is 18.0 Å². The molecule has 1 aliphatic heterocycles. The van der Waals surface area contributed by atoms with Gasteiger partial charge in [-0.05, 0) is 36.4 Å². The molecule has 0 aliphatic carbocycles. The Morgan fingerprint density at radius 1 is 1.15 bits per heavy atom. The van der Waals surface area contributed by atoms with Crippen LogP contribution in [0.2, 0.25) is 4.34 Å². The first-order valence-electron chi connectivity index (χ1n) is 9.36. The van der Waals surface area contributed by atoms with E-state index in [0.29, 0.717) is 5.71 Å². The second kappa shape index (κ2) is 9.13. The highest BCUT2D eigenvalue weighted by Crippen LogP contribution is 2.25. The highest BCUT2D eigenvalue weighted by molar-refractivity contribution is 7.92. The van der Waals surface area contributed by atoms with Gasteiger partial charge < -0.3 is 5.32 Å². The van der Waals surface area contributed by atoms with Crippen molar-refractivity contribution in [1.82, 2.24) is 14.9 Å². The van der Waals surface area contributed by atoms with E-state index in [0.717, 1.165) is 27.6 Å². The van der Waals surface area contributed by atoms with Crippen molar-refractivity contribution in [2.24, 2.45) is 5.10 Å². The van der Waals surface area contributed by atoms with Gasteiger partial charge in [0.05, 0.1) is 16.5 Å². The molecule has 3 N–H and O–H groups in total. The van der Waals surface area contributed by atoms with E-state index in [2.05, 4.69) is 25.9 Å². The molecule has 3 amide bonds. The highest BCUT2D eigenvalue weighted by atomic mass is 35.5. The molecule has 33 heavy (non-hydrogen) atoms. The number of rotatable bonds is 6. The number of carbonyl (C=O) groups excluding carboxylic acids is 2. The molecule has 0 bridgehead atoms.